The lowest BCUT2D eigenvalue weighted by atomic mass is 10.1. The van der Waals surface area contributed by atoms with Crippen molar-refractivity contribution in [2.24, 2.45) is 0 Å². The molecule has 0 aliphatic heterocycles. The quantitative estimate of drug-likeness (QED) is 0.891. The van der Waals surface area contributed by atoms with Crippen LogP contribution in [0.4, 0.5) is 0 Å². The molecule has 0 bridgehead atoms. The highest BCUT2D eigenvalue weighted by molar-refractivity contribution is 5.78. The first-order chi connectivity index (χ1) is 10.6. The Labute approximate surface area is 132 Å². The molecule has 1 amide bonds. The molecule has 0 fully saturated rings. The van der Waals surface area contributed by atoms with Gasteiger partial charge < -0.3 is 5.32 Å². The highest BCUT2D eigenvalue weighted by atomic mass is 16.2. The van der Waals surface area contributed by atoms with Crippen LogP contribution in [-0.2, 0) is 11.3 Å². The van der Waals surface area contributed by atoms with Crippen molar-refractivity contribution >= 4 is 5.91 Å². The van der Waals surface area contributed by atoms with E-state index in [9.17, 15) is 4.79 Å². The van der Waals surface area contributed by atoms with Crippen molar-refractivity contribution in [2.75, 3.05) is 13.6 Å². The first kappa shape index (κ1) is 16.2. The molecule has 0 aliphatic rings. The Kier molecular flexibility index (Phi) is 5.67. The second kappa shape index (κ2) is 7.71. The van der Waals surface area contributed by atoms with E-state index < -0.39 is 0 Å². The predicted octanol–water partition coefficient (Wildman–Crippen LogP) is 2.70. The summed E-state index contributed by atoms with van der Waals surface area (Å²) in [6.45, 7) is 5.07. The number of nitrogens with zero attached hydrogens (tertiary/aromatic N) is 2. The Bertz CT molecular complexity index is 595. The Hall–Kier alpha value is -2.20. The van der Waals surface area contributed by atoms with Gasteiger partial charge in [-0.05, 0) is 38.1 Å². The van der Waals surface area contributed by atoms with Crippen LogP contribution < -0.4 is 5.32 Å². The number of likely N-dealkylation sites (N-methyl/N-ethyl adjacent to an activating group) is 1. The van der Waals surface area contributed by atoms with Crippen LogP contribution >= 0.6 is 0 Å². The maximum atomic E-state index is 12.0. The fourth-order valence-electron chi connectivity index (χ4n) is 2.22. The molecule has 0 spiro atoms. The molecule has 0 unspecified atom stereocenters. The largest absolute Gasteiger partial charge is 0.351 e. The molecule has 116 valence electrons. The normalized spacial score (nSPS) is 12.2. The number of carbonyl (C=O) groups excluding carboxylic acids is 1. The Balaban J connectivity index is 1.84. The van der Waals surface area contributed by atoms with Crippen molar-refractivity contribution < 1.29 is 4.79 Å². The lowest BCUT2D eigenvalue weighted by molar-refractivity contribution is -0.122. The number of amides is 1. The fraction of sp³-hybridized carbons (Fsp3) is 0.333. The van der Waals surface area contributed by atoms with E-state index in [4.69, 9.17) is 0 Å². The zero-order valence-electron chi connectivity index (χ0n) is 13.4. The second-order valence-electron chi connectivity index (χ2n) is 5.64. The van der Waals surface area contributed by atoms with Gasteiger partial charge in [-0.3, -0.25) is 14.7 Å². The van der Waals surface area contributed by atoms with Crippen molar-refractivity contribution in [2.45, 2.75) is 26.4 Å². The van der Waals surface area contributed by atoms with Crippen LogP contribution in [0.15, 0.2) is 48.8 Å². The molecule has 1 aromatic heterocycles. The average Bonchev–Trinajstić information content (AvgIpc) is 2.54. The predicted molar refractivity (Wildman–Crippen MR) is 88.3 cm³/mol. The molecule has 2 aromatic rings. The number of pyridine rings is 1. The lowest BCUT2D eigenvalue weighted by Crippen LogP contribution is -2.36. The van der Waals surface area contributed by atoms with Crippen LogP contribution in [0.5, 0.6) is 0 Å². The van der Waals surface area contributed by atoms with E-state index >= 15 is 0 Å². The number of aromatic nitrogens is 1. The zero-order valence-corrected chi connectivity index (χ0v) is 13.4. The third kappa shape index (κ3) is 4.67. The number of hydrogen-bond donors (Lipinski definition) is 1. The molecule has 4 heteroatoms. The molecule has 2 rings (SSSR count). The summed E-state index contributed by atoms with van der Waals surface area (Å²) in [5.41, 5.74) is 3.46. The number of hydrogen-bond acceptors (Lipinski definition) is 3. The lowest BCUT2D eigenvalue weighted by Gasteiger charge is -2.24. The SMILES string of the molecule is Cc1ccc([C@H](C)N(C)CC(=O)NCc2cccnc2)cc1. The molecular weight excluding hydrogens is 274 g/mol. The van der Waals surface area contributed by atoms with Gasteiger partial charge in [-0.25, -0.2) is 0 Å². The topological polar surface area (TPSA) is 45.2 Å². The minimum absolute atomic E-state index is 0.0188. The first-order valence-electron chi connectivity index (χ1n) is 7.48. The van der Waals surface area contributed by atoms with Crippen molar-refractivity contribution in [3.05, 3.63) is 65.5 Å². The number of benzene rings is 1. The summed E-state index contributed by atoms with van der Waals surface area (Å²) in [5.74, 6) is 0.0188. The number of aryl methyl sites for hydroxylation is 1. The van der Waals surface area contributed by atoms with E-state index in [0.29, 0.717) is 13.1 Å². The second-order valence-corrected chi connectivity index (χ2v) is 5.64. The highest BCUT2D eigenvalue weighted by Gasteiger charge is 2.14. The number of carbonyl (C=O) groups is 1. The van der Waals surface area contributed by atoms with E-state index in [2.05, 4.69) is 48.4 Å². The minimum Gasteiger partial charge on any atom is -0.351 e. The summed E-state index contributed by atoms with van der Waals surface area (Å²) in [5, 5.41) is 2.92. The molecule has 0 radical (unpaired) electrons. The smallest absolute Gasteiger partial charge is 0.234 e. The van der Waals surface area contributed by atoms with Gasteiger partial charge in [-0.1, -0.05) is 35.9 Å². The van der Waals surface area contributed by atoms with Crippen molar-refractivity contribution in [1.29, 1.82) is 0 Å². The molecule has 0 saturated carbocycles. The number of nitrogens with one attached hydrogen (secondary N) is 1. The molecule has 1 heterocycles. The van der Waals surface area contributed by atoms with E-state index in [0.717, 1.165) is 5.56 Å². The maximum Gasteiger partial charge on any atom is 0.234 e. The minimum atomic E-state index is 0.0188. The molecule has 1 atom stereocenters. The zero-order chi connectivity index (χ0) is 15.9. The molecule has 1 aromatic carbocycles. The molecule has 0 aliphatic carbocycles. The van der Waals surface area contributed by atoms with Gasteiger partial charge in [0.2, 0.25) is 5.91 Å². The van der Waals surface area contributed by atoms with E-state index in [1.165, 1.54) is 11.1 Å². The summed E-state index contributed by atoms with van der Waals surface area (Å²) in [4.78, 5) is 18.1. The Morgan fingerprint density at radius 1 is 1.27 bits per heavy atom. The Morgan fingerprint density at radius 3 is 2.64 bits per heavy atom. The molecule has 1 N–H and O–H groups in total. The third-order valence-corrected chi connectivity index (χ3v) is 3.83. The monoisotopic (exact) mass is 297 g/mol. The van der Waals surface area contributed by atoms with Gasteiger partial charge in [-0.2, -0.15) is 0 Å². The highest BCUT2D eigenvalue weighted by Crippen LogP contribution is 2.18. The van der Waals surface area contributed by atoms with Gasteiger partial charge in [-0.15, -0.1) is 0 Å². The van der Waals surface area contributed by atoms with E-state index in [-0.39, 0.29) is 11.9 Å². The van der Waals surface area contributed by atoms with Crippen LogP contribution in [0, 0.1) is 6.92 Å². The molecule has 22 heavy (non-hydrogen) atoms. The van der Waals surface area contributed by atoms with Crippen LogP contribution in [0.1, 0.15) is 29.7 Å². The van der Waals surface area contributed by atoms with Crippen molar-refractivity contribution in [1.82, 2.24) is 15.2 Å². The van der Waals surface area contributed by atoms with Crippen LogP contribution in [-0.4, -0.2) is 29.4 Å². The summed E-state index contributed by atoms with van der Waals surface area (Å²) in [6.07, 6.45) is 3.49. The van der Waals surface area contributed by atoms with Gasteiger partial charge in [0.1, 0.15) is 0 Å². The maximum absolute atomic E-state index is 12.0. The third-order valence-electron chi connectivity index (χ3n) is 3.83. The van der Waals surface area contributed by atoms with Gasteiger partial charge >= 0.3 is 0 Å². The summed E-state index contributed by atoms with van der Waals surface area (Å²) in [6, 6.07) is 12.4. The molecular formula is C18H23N3O. The first-order valence-corrected chi connectivity index (χ1v) is 7.48. The van der Waals surface area contributed by atoms with Crippen molar-refractivity contribution in [3.63, 3.8) is 0 Å². The van der Waals surface area contributed by atoms with Crippen LogP contribution in [0.25, 0.3) is 0 Å². The van der Waals surface area contributed by atoms with Gasteiger partial charge in [0.25, 0.3) is 0 Å². The van der Waals surface area contributed by atoms with Gasteiger partial charge in [0.15, 0.2) is 0 Å². The van der Waals surface area contributed by atoms with Crippen LogP contribution in [0.3, 0.4) is 0 Å². The van der Waals surface area contributed by atoms with Crippen LogP contribution in [0.2, 0.25) is 0 Å². The summed E-state index contributed by atoms with van der Waals surface area (Å²) in [7, 11) is 1.97. The Morgan fingerprint density at radius 2 is 2.00 bits per heavy atom. The van der Waals surface area contributed by atoms with Gasteiger partial charge in [0.05, 0.1) is 6.54 Å². The fourth-order valence-corrected chi connectivity index (χ4v) is 2.22. The van der Waals surface area contributed by atoms with Crippen molar-refractivity contribution in [3.8, 4) is 0 Å². The molecule has 0 saturated heterocycles. The van der Waals surface area contributed by atoms with E-state index in [1.54, 1.807) is 12.4 Å². The summed E-state index contributed by atoms with van der Waals surface area (Å²) < 4.78 is 0. The van der Waals surface area contributed by atoms with Gasteiger partial charge in [0, 0.05) is 25.0 Å². The summed E-state index contributed by atoms with van der Waals surface area (Å²) >= 11 is 0. The van der Waals surface area contributed by atoms with E-state index in [1.807, 2.05) is 24.1 Å². The molecule has 4 nitrogen and oxygen atoms in total. The average molecular weight is 297 g/mol. The standard InChI is InChI=1S/C18H23N3O/c1-14-6-8-17(9-7-14)15(2)21(3)13-18(22)20-12-16-5-4-10-19-11-16/h4-11,15H,12-13H2,1-3H3,(H,20,22)/t15-/m0/s1. The number of rotatable bonds is 6.